The molecule has 1 heterocycles. The second kappa shape index (κ2) is 5.41. The summed E-state index contributed by atoms with van der Waals surface area (Å²) in [6.45, 7) is 0. The molecule has 0 spiro atoms. The molecule has 0 amide bonds. The van der Waals surface area contributed by atoms with Crippen molar-refractivity contribution >= 4 is 5.97 Å². The Morgan fingerprint density at radius 1 is 1.09 bits per heavy atom. The Morgan fingerprint density at radius 2 is 1.78 bits per heavy atom. The van der Waals surface area contributed by atoms with Crippen molar-refractivity contribution in [3.8, 4) is 34.3 Å². The molecule has 3 aromatic rings. The van der Waals surface area contributed by atoms with Crippen LogP contribution in [0, 0.1) is 5.82 Å². The number of hydrogen-bond acceptors (Lipinski definition) is 6. The number of carbonyl (C=O) groups is 1. The van der Waals surface area contributed by atoms with E-state index in [0.717, 1.165) is 12.1 Å². The summed E-state index contributed by atoms with van der Waals surface area (Å²) in [5.41, 5.74) is -0.341. The molecular formula is C15H9FN2O5. The number of aromatic nitrogens is 2. The zero-order valence-electron chi connectivity index (χ0n) is 11.4. The second-order valence-corrected chi connectivity index (χ2v) is 4.59. The number of nitrogens with zero attached hydrogens (tertiary/aromatic N) is 2. The van der Waals surface area contributed by atoms with Crippen LogP contribution in [0.15, 0.2) is 40.9 Å². The van der Waals surface area contributed by atoms with Gasteiger partial charge >= 0.3 is 5.97 Å². The van der Waals surface area contributed by atoms with Crippen molar-refractivity contribution < 1.29 is 29.0 Å². The molecule has 0 aliphatic rings. The number of aromatic hydroxyl groups is 2. The van der Waals surface area contributed by atoms with E-state index < -0.39 is 23.3 Å². The van der Waals surface area contributed by atoms with Crippen LogP contribution < -0.4 is 0 Å². The Morgan fingerprint density at radius 3 is 2.48 bits per heavy atom. The van der Waals surface area contributed by atoms with E-state index in [-0.39, 0.29) is 28.4 Å². The first-order valence-electron chi connectivity index (χ1n) is 6.35. The molecule has 0 radical (unpaired) electrons. The lowest BCUT2D eigenvalue weighted by atomic mass is 10.1. The molecule has 0 bridgehead atoms. The van der Waals surface area contributed by atoms with Gasteiger partial charge in [0, 0.05) is 5.56 Å². The van der Waals surface area contributed by atoms with Gasteiger partial charge < -0.3 is 19.8 Å². The van der Waals surface area contributed by atoms with Gasteiger partial charge in [0.1, 0.15) is 5.82 Å². The van der Waals surface area contributed by atoms with Gasteiger partial charge in [-0.05, 0) is 24.3 Å². The topological polar surface area (TPSA) is 117 Å². The monoisotopic (exact) mass is 316 g/mol. The normalized spacial score (nSPS) is 10.7. The van der Waals surface area contributed by atoms with Crippen molar-refractivity contribution in [3.05, 3.63) is 47.8 Å². The summed E-state index contributed by atoms with van der Waals surface area (Å²) in [5.74, 6) is -3.36. The molecule has 3 rings (SSSR count). The average Bonchev–Trinajstić information content (AvgIpc) is 2.99. The second-order valence-electron chi connectivity index (χ2n) is 4.59. The van der Waals surface area contributed by atoms with Crippen molar-refractivity contribution in [2.24, 2.45) is 0 Å². The van der Waals surface area contributed by atoms with Crippen molar-refractivity contribution in [3.63, 3.8) is 0 Å². The summed E-state index contributed by atoms with van der Waals surface area (Å²) in [6.07, 6.45) is 0. The summed E-state index contributed by atoms with van der Waals surface area (Å²) in [5, 5.41) is 31.7. The highest BCUT2D eigenvalue weighted by atomic mass is 19.1. The number of carboxylic acid groups (broad SMARTS) is 1. The van der Waals surface area contributed by atoms with Crippen LogP contribution in [-0.2, 0) is 0 Å². The van der Waals surface area contributed by atoms with Crippen molar-refractivity contribution in [1.82, 2.24) is 10.1 Å². The van der Waals surface area contributed by atoms with E-state index in [0.29, 0.717) is 0 Å². The number of halogens is 1. The van der Waals surface area contributed by atoms with Gasteiger partial charge in [-0.15, -0.1) is 0 Å². The Kier molecular flexibility index (Phi) is 3.41. The molecule has 0 fully saturated rings. The third kappa shape index (κ3) is 2.57. The van der Waals surface area contributed by atoms with Gasteiger partial charge in [0.25, 0.3) is 5.89 Å². The molecule has 0 atom stereocenters. The Bertz CT molecular complexity index is 907. The van der Waals surface area contributed by atoms with Gasteiger partial charge in [0.2, 0.25) is 5.82 Å². The minimum Gasteiger partial charge on any atom is -0.504 e. The largest absolute Gasteiger partial charge is 0.504 e. The first-order valence-corrected chi connectivity index (χ1v) is 6.35. The predicted molar refractivity (Wildman–Crippen MR) is 75.4 cm³/mol. The van der Waals surface area contributed by atoms with Gasteiger partial charge in [0.15, 0.2) is 11.5 Å². The maximum absolute atomic E-state index is 13.7. The highest BCUT2D eigenvalue weighted by molar-refractivity contribution is 5.96. The standard InChI is InChI=1S/C15H9FN2O5/c16-10-4-2-1-3-7(10)14-17-13(18-23-14)8-5-11(19)12(20)6-9(8)15(21)22/h1-6,19-20H,(H,21,22). The zero-order valence-corrected chi connectivity index (χ0v) is 11.4. The Labute approximate surface area is 128 Å². The molecule has 0 aliphatic carbocycles. The van der Waals surface area contributed by atoms with E-state index in [4.69, 9.17) is 4.52 Å². The number of aromatic carboxylic acids is 1. The van der Waals surface area contributed by atoms with Gasteiger partial charge in [-0.2, -0.15) is 4.98 Å². The fourth-order valence-corrected chi connectivity index (χ4v) is 2.02. The maximum atomic E-state index is 13.7. The smallest absolute Gasteiger partial charge is 0.336 e. The lowest BCUT2D eigenvalue weighted by molar-refractivity contribution is 0.0697. The molecule has 0 saturated heterocycles. The van der Waals surface area contributed by atoms with E-state index in [1.807, 2.05) is 0 Å². The van der Waals surface area contributed by atoms with Crippen molar-refractivity contribution in [1.29, 1.82) is 0 Å². The van der Waals surface area contributed by atoms with Crippen LogP contribution >= 0.6 is 0 Å². The minimum atomic E-state index is -1.35. The molecule has 7 nitrogen and oxygen atoms in total. The number of benzene rings is 2. The van der Waals surface area contributed by atoms with Gasteiger partial charge in [-0.3, -0.25) is 0 Å². The summed E-state index contributed by atoms with van der Waals surface area (Å²) in [6, 6.07) is 7.59. The molecule has 8 heteroatoms. The molecule has 1 aromatic heterocycles. The quantitative estimate of drug-likeness (QED) is 0.636. The highest BCUT2D eigenvalue weighted by Crippen LogP contribution is 2.34. The number of rotatable bonds is 3. The molecule has 0 unspecified atom stereocenters. The lowest BCUT2D eigenvalue weighted by Crippen LogP contribution is -2.00. The summed E-state index contributed by atoms with van der Waals surface area (Å²) in [4.78, 5) is 15.2. The van der Waals surface area contributed by atoms with Crippen LogP contribution in [-0.4, -0.2) is 31.4 Å². The number of carboxylic acids is 1. The lowest BCUT2D eigenvalue weighted by Gasteiger charge is -2.04. The molecule has 2 aromatic carbocycles. The van der Waals surface area contributed by atoms with Crippen LogP contribution in [0.1, 0.15) is 10.4 Å². The predicted octanol–water partition coefficient (Wildman–Crippen LogP) is 2.65. The van der Waals surface area contributed by atoms with Gasteiger partial charge in [-0.1, -0.05) is 17.3 Å². The Hall–Kier alpha value is -3.42. The van der Waals surface area contributed by atoms with Gasteiger partial charge in [0.05, 0.1) is 11.1 Å². The van der Waals surface area contributed by atoms with Crippen LogP contribution in [0.2, 0.25) is 0 Å². The first kappa shape index (κ1) is 14.5. The van der Waals surface area contributed by atoms with E-state index >= 15 is 0 Å². The van der Waals surface area contributed by atoms with Crippen molar-refractivity contribution in [2.75, 3.05) is 0 Å². The van der Waals surface area contributed by atoms with E-state index in [1.165, 1.54) is 18.2 Å². The minimum absolute atomic E-state index is 0.0612. The van der Waals surface area contributed by atoms with E-state index in [9.17, 15) is 24.5 Å². The fraction of sp³-hybridized carbons (Fsp3) is 0. The fourth-order valence-electron chi connectivity index (χ4n) is 2.02. The third-order valence-corrected chi connectivity index (χ3v) is 3.12. The van der Waals surface area contributed by atoms with Crippen LogP contribution in [0.25, 0.3) is 22.8 Å². The maximum Gasteiger partial charge on any atom is 0.336 e. The summed E-state index contributed by atoms with van der Waals surface area (Å²) < 4.78 is 18.7. The molecule has 116 valence electrons. The molecule has 0 aliphatic heterocycles. The first-order chi connectivity index (χ1) is 11.0. The molecule has 0 saturated carbocycles. The van der Waals surface area contributed by atoms with Crippen LogP contribution in [0.4, 0.5) is 4.39 Å². The highest BCUT2D eigenvalue weighted by Gasteiger charge is 2.21. The van der Waals surface area contributed by atoms with Crippen LogP contribution in [0.5, 0.6) is 11.5 Å². The number of phenolic OH excluding ortho intramolecular Hbond substituents is 2. The molecule has 3 N–H and O–H groups in total. The van der Waals surface area contributed by atoms with E-state index in [2.05, 4.69) is 10.1 Å². The van der Waals surface area contributed by atoms with E-state index in [1.54, 1.807) is 6.07 Å². The van der Waals surface area contributed by atoms with Crippen molar-refractivity contribution in [2.45, 2.75) is 0 Å². The van der Waals surface area contributed by atoms with Crippen LogP contribution in [0.3, 0.4) is 0 Å². The average molecular weight is 316 g/mol. The number of hydrogen-bond donors (Lipinski definition) is 3. The Balaban J connectivity index is 2.13. The van der Waals surface area contributed by atoms with Gasteiger partial charge in [-0.25, -0.2) is 9.18 Å². The summed E-state index contributed by atoms with van der Waals surface area (Å²) >= 11 is 0. The third-order valence-electron chi connectivity index (χ3n) is 3.12. The SMILES string of the molecule is O=C(O)c1cc(O)c(O)cc1-c1noc(-c2ccccc2F)n1. The molecule has 23 heavy (non-hydrogen) atoms. The zero-order chi connectivity index (χ0) is 16.6. The molecular weight excluding hydrogens is 307 g/mol. The number of phenols is 2. The summed E-state index contributed by atoms with van der Waals surface area (Å²) in [7, 11) is 0.